The quantitative estimate of drug-likeness (QED) is 0.463. The predicted octanol–water partition coefficient (Wildman–Crippen LogP) is 5.15. The lowest BCUT2D eigenvalue weighted by atomic mass is 10.1. The first-order valence-electron chi connectivity index (χ1n) is 11.1. The molecular weight excluding hydrogens is 400 g/mol. The minimum absolute atomic E-state index is 0.154. The molecule has 5 rings (SSSR count). The summed E-state index contributed by atoms with van der Waals surface area (Å²) in [5.41, 5.74) is 4.72. The van der Waals surface area contributed by atoms with Gasteiger partial charge in [0.1, 0.15) is 11.4 Å². The van der Waals surface area contributed by atoms with Crippen LogP contribution in [0.1, 0.15) is 47.6 Å². The number of benzene rings is 2. The molecule has 0 bridgehead atoms. The number of para-hydroxylation sites is 1. The molecule has 1 aliphatic rings. The standard InChI is InChI=1S/C26H26N4O2/c1-32-24-9-5-4-8-21(24)26(31)28-16-18-10-12-19(13-11-18)25-22-17-27-15-14-23(22)30(29-25)20-6-2-3-7-20/h4-5,8-15,17,20H,2-3,6-7,16H2,1H3,(H,28,31). The Balaban J connectivity index is 1.35. The zero-order chi connectivity index (χ0) is 21.9. The molecule has 1 aliphatic carbocycles. The maximum atomic E-state index is 12.6. The van der Waals surface area contributed by atoms with E-state index < -0.39 is 0 Å². The molecule has 0 aliphatic heterocycles. The number of rotatable bonds is 6. The Morgan fingerprint density at radius 1 is 1.09 bits per heavy atom. The highest BCUT2D eigenvalue weighted by molar-refractivity contribution is 5.97. The number of hydrogen-bond acceptors (Lipinski definition) is 4. The van der Waals surface area contributed by atoms with Gasteiger partial charge in [0, 0.05) is 29.9 Å². The molecule has 2 aromatic heterocycles. The molecule has 0 saturated heterocycles. The molecule has 6 heteroatoms. The van der Waals surface area contributed by atoms with Crippen LogP contribution >= 0.6 is 0 Å². The number of hydrogen-bond donors (Lipinski definition) is 1. The second kappa shape index (κ2) is 8.83. The van der Waals surface area contributed by atoms with E-state index in [0.717, 1.165) is 27.7 Å². The number of carbonyl (C=O) groups is 1. The average Bonchev–Trinajstić information content (AvgIpc) is 3.51. The van der Waals surface area contributed by atoms with Crippen molar-refractivity contribution < 1.29 is 9.53 Å². The van der Waals surface area contributed by atoms with Crippen LogP contribution in [-0.2, 0) is 6.54 Å². The van der Waals surface area contributed by atoms with Gasteiger partial charge in [-0.2, -0.15) is 5.10 Å². The van der Waals surface area contributed by atoms with Crippen LogP contribution in [0.2, 0.25) is 0 Å². The Labute approximate surface area is 187 Å². The van der Waals surface area contributed by atoms with Crippen LogP contribution in [0.5, 0.6) is 5.75 Å². The fraction of sp³-hybridized carbons (Fsp3) is 0.269. The number of nitrogens with zero attached hydrogens (tertiary/aromatic N) is 3. The molecule has 1 amide bonds. The Morgan fingerprint density at radius 2 is 1.88 bits per heavy atom. The Morgan fingerprint density at radius 3 is 2.66 bits per heavy atom. The fourth-order valence-corrected chi connectivity index (χ4v) is 4.52. The normalized spacial score (nSPS) is 14.0. The molecule has 0 atom stereocenters. The Bertz CT molecular complexity index is 1240. The van der Waals surface area contributed by atoms with Crippen molar-refractivity contribution in [2.45, 2.75) is 38.3 Å². The van der Waals surface area contributed by atoms with Crippen LogP contribution < -0.4 is 10.1 Å². The molecule has 0 unspecified atom stereocenters. The summed E-state index contributed by atoms with van der Waals surface area (Å²) in [6, 6.07) is 18.0. The van der Waals surface area contributed by atoms with E-state index in [9.17, 15) is 4.79 Å². The smallest absolute Gasteiger partial charge is 0.255 e. The molecule has 32 heavy (non-hydrogen) atoms. The molecule has 4 aromatic rings. The molecular formula is C26H26N4O2. The SMILES string of the molecule is COc1ccccc1C(=O)NCc1ccc(-c2nn(C3CCCC3)c3ccncc23)cc1. The van der Waals surface area contributed by atoms with Crippen molar-refractivity contribution in [1.82, 2.24) is 20.1 Å². The lowest BCUT2D eigenvalue weighted by molar-refractivity contribution is 0.0948. The van der Waals surface area contributed by atoms with Gasteiger partial charge in [-0.25, -0.2) is 0 Å². The van der Waals surface area contributed by atoms with Gasteiger partial charge in [0.05, 0.1) is 24.2 Å². The van der Waals surface area contributed by atoms with Gasteiger partial charge in [-0.15, -0.1) is 0 Å². The van der Waals surface area contributed by atoms with E-state index in [1.807, 2.05) is 36.7 Å². The van der Waals surface area contributed by atoms with Gasteiger partial charge in [-0.3, -0.25) is 14.5 Å². The highest BCUT2D eigenvalue weighted by Gasteiger charge is 2.22. The highest BCUT2D eigenvalue weighted by Crippen LogP contribution is 2.35. The number of methoxy groups -OCH3 is 1. The third kappa shape index (κ3) is 3.84. The highest BCUT2D eigenvalue weighted by atomic mass is 16.5. The summed E-state index contributed by atoms with van der Waals surface area (Å²) in [6.45, 7) is 0.440. The molecule has 0 spiro atoms. The van der Waals surface area contributed by atoms with E-state index >= 15 is 0 Å². The first kappa shape index (κ1) is 20.2. The minimum Gasteiger partial charge on any atom is -0.496 e. The molecule has 2 heterocycles. The Kier molecular flexibility index (Phi) is 5.58. The van der Waals surface area contributed by atoms with Gasteiger partial charge in [0.15, 0.2) is 0 Å². The molecule has 1 fully saturated rings. The first-order chi connectivity index (χ1) is 15.7. The van der Waals surface area contributed by atoms with Gasteiger partial charge in [0.2, 0.25) is 0 Å². The van der Waals surface area contributed by atoms with Gasteiger partial charge >= 0.3 is 0 Å². The fourth-order valence-electron chi connectivity index (χ4n) is 4.52. The van der Waals surface area contributed by atoms with Crippen molar-refractivity contribution in [3.05, 3.63) is 78.1 Å². The summed E-state index contributed by atoms with van der Waals surface area (Å²) in [4.78, 5) is 16.9. The molecule has 1 N–H and O–H groups in total. The number of carbonyl (C=O) groups excluding carboxylic acids is 1. The molecule has 1 saturated carbocycles. The number of fused-ring (bicyclic) bond motifs is 1. The minimum atomic E-state index is -0.154. The van der Waals surface area contributed by atoms with Gasteiger partial charge in [0.25, 0.3) is 5.91 Å². The lowest BCUT2D eigenvalue weighted by Gasteiger charge is -2.11. The van der Waals surface area contributed by atoms with E-state index in [1.165, 1.54) is 25.7 Å². The summed E-state index contributed by atoms with van der Waals surface area (Å²) in [5.74, 6) is 0.414. The summed E-state index contributed by atoms with van der Waals surface area (Å²) in [7, 11) is 1.57. The average molecular weight is 427 g/mol. The third-order valence-corrected chi connectivity index (χ3v) is 6.21. The maximum Gasteiger partial charge on any atom is 0.255 e. The van der Waals surface area contributed by atoms with Crippen LogP contribution in [0.3, 0.4) is 0 Å². The number of pyridine rings is 1. The van der Waals surface area contributed by atoms with E-state index in [1.54, 1.807) is 19.2 Å². The van der Waals surface area contributed by atoms with Crippen LogP contribution in [0.15, 0.2) is 67.0 Å². The monoisotopic (exact) mass is 426 g/mol. The van der Waals surface area contributed by atoms with Crippen molar-refractivity contribution in [3.63, 3.8) is 0 Å². The van der Waals surface area contributed by atoms with Crippen molar-refractivity contribution in [1.29, 1.82) is 0 Å². The number of aromatic nitrogens is 3. The van der Waals surface area contributed by atoms with Crippen molar-refractivity contribution in [2.75, 3.05) is 7.11 Å². The molecule has 6 nitrogen and oxygen atoms in total. The number of nitrogens with one attached hydrogen (secondary N) is 1. The summed E-state index contributed by atoms with van der Waals surface area (Å²) in [6.07, 6.45) is 8.65. The molecule has 0 radical (unpaired) electrons. The molecule has 2 aromatic carbocycles. The van der Waals surface area contributed by atoms with E-state index in [0.29, 0.717) is 23.9 Å². The van der Waals surface area contributed by atoms with Gasteiger partial charge in [-0.1, -0.05) is 49.2 Å². The van der Waals surface area contributed by atoms with Crippen LogP contribution in [-0.4, -0.2) is 27.8 Å². The topological polar surface area (TPSA) is 69.0 Å². The third-order valence-electron chi connectivity index (χ3n) is 6.21. The van der Waals surface area contributed by atoms with Gasteiger partial charge in [-0.05, 0) is 36.6 Å². The van der Waals surface area contributed by atoms with Crippen LogP contribution in [0, 0.1) is 0 Å². The number of ether oxygens (including phenoxy) is 1. The first-order valence-corrected chi connectivity index (χ1v) is 11.1. The number of amides is 1. The predicted molar refractivity (Wildman–Crippen MR) is 125 cm³/mol. The van der Waals surface area contributed by atoms with Crippen LogP contribution in [0.25, 0.3) is 22.2 Å². The largest absolute Gasteiger partial charge is 0.496 e. The zero-order valence-corrected chi connectivity index (χ0v) is 18.1. The summed E-state index contributed by atoms with van der Waals surface area (Å²) >= 11 is 0. The lowest BCUT2D eigenvalue weighted by Crippen LogP contribution is -2.23. The Hall–Kier alpha value is -3.67. The second-order valence-corrected chi connectivity index (χ2v) is 8.20. The maximum absolute atomic E-state index is 12.6. The van der Waals surface area contributed by atoms with E-state index in [-0.39, 0.29) is 5.91 Å². The van der Waals surface area contributed by atoms with Gasteiger partial charge < -0.3 is 10.1 Å². The second-order valence-electron chi connectivity index (χ2n) is 8.20. The van der Waals surface area contributed by atoms with E-state index in [2.05, 4.69) is 33.2 Å². The molecule has 162 valence electrons. The van der Waals surface area contributed by atoms with Crippen molar-refractivity contribution in [2.24, 2.45) is 0 Å². The zero-order valence-electron chi connectivity index (χ0n) is 18.1. The van der Waals surface area contributed by atoms with Crippen molar-refractivity contribution >= 4 is 16.8 Å². The summed E-state index contributed by atoms with van der Waals surface area (Å²) in [5, 5.41) is 9.05. The van der Waals surface area contributed by atoms with Crippen LogP contribution in [0.4, 0.5) is 0 Å². The summed E-state index contributed by atoms with van der Waals surface area (Å²) < 4.78 is 7.48. The van der Waals surface area contributed by atoms with E-state index in [4.69, 9.17) is 9.84 Å². The van der Waals surface area contributed by atoms with Crippen molar-refractivity contribution in [3.8, 4) is 17.0 Å².